The minimum atomic E-state index is -1.04. The van der Waals surface area contributed by atoms with Crippen molar-refractivity contribution in [1.82, 2.24) is 4.98 Å². The van der Waals surface area contributed by atoms with E-state index in [2.05, 4.69) is 4.98 Å². The molecular weight excluding hydrogens is 178 g/mol. The third-order valence-corrected chi connectivity index (χ3v) is 2.21. The molecule has 60 valence electrons. The lowest BCUT2D eigenvalue weighted by atomic mass is 10.2. The quantitative estimate of drug-likeness (QED) is 0.444. The summed E-state index contributed by atoms with van der Waals surface area (Å²) in [4.78, 5) is 26.2. The van der Waals surface area contributed by atoms with Crippen LogP contribution >= 0.6 is 11.6 Å². The number of rotatable bonds is 0. The van der Waals surface area contributed by atoms with Gasteiger partial charge in [-0.05, 0) is 6.07 Å². The fourth-order valence-electron chi connectivity index (χ4n) is 1.20. The van der Waals surface area contributed by atoms with Gasteiger partial charge < -0.3 is 0 Å². The van der Waals surface area contributed by atoms with Gasteiger partial charge in [-0.25, -0.2) is 0 Å². The van der Waals surface area contributed by atoms with Gasteiger partial charge in [0.25, 0.3) is 0 Å². The van der Waals surface area contributed by atoms with E-state index in [1.807, 2.05) is 0 Å². The van der Waals surface area contributed by atoms with Crippen LogP contribution in [0, 0.1) is 0 Å². The third kappa shape index (κ3) is 0.800. The Balaban J connectivity index is 2.67. The maximum atomic E-state index is 11.2. The largest absolute Gasteiger partial charge is 0.292 e. The van der Waals surface area contributed by atoms with E-state index >= 15 is 0 Å². The van der Waals surface area contributed by atoms with Crippen molar-refractivity contribution in [3.8, 4) is 0 Å². The molecule has 0 amide bonds. The predicted octanol–water partition coefficient (Wildman–Crippen LogP) is 1.07. The highest BCUT2D eigenvalue weighted by Gasteiger charge is 2.36. The van der Waals surface area contributed by atoms with Gasteiger partial charge in [-0.15, -0.1) is 11.6 Å². The molecule has 12 heavy (non-hydrogen) atoms. The number of carbonyl (C=O) groups is 2. The van der Waals surface area contributed by atoms with Crippen molar-refractivity contribution in [3.05, 3.63) is 29.6 Å². The summed E-state index contributed by atoms with van der Waals surface area (Å²) in [5.41, 5.74) is 0.720. The van der Waals surface area contributed by atoms with E-state index in [1.54, 1.807) is 0 Å². The van der Waals surface area contributed by atoms with Crippen molar-refractivity contribution >= 4 is 23.2 Å². The molecule has 0 bridgehead atoms. The van der Waals surface area contributed by atoms with Gasteiger partial charge in [-0.1, -0.05) is 0 Å². The first-order valence-corrected chi connectivity index (χ1v) is 3.82. The molecule has 3 nitrogen and oxygen atoms in total. The van der Waals surface area contributed by atoms with Crippen molar-refractivity contribution in [2.75, 3.05) is 0 Å². The fraction of sp³-hybridized carbons (Fsp3) is 0.125. The Morgan fingerprint density at radius 2 is 1.92 bits per heavy atom. The molecule has 0 spiro atoms. The first kappa shape index (κ1) is 7.43. The third-order valence-electron chi connectivity index (χ3n) is 1.81. The Kier molecular flexibility index (Phi) is 1.48. The average Bonchev–Trinajstić information content (AvgIpc) is 2.33. The molecule has 4 heteroatoms. The van der Waals surface area contributed by atoms with Crippen LogP contribution in [0.4, 0.5) is 0 Å². The number of fused-ring (bicyclic) bond motifs is 1. The van der Waals surface area contributed by atoms with Crippen LogP contribution in [-0.2, 0) is 0 Å². The van der Waals surface area contributed by atoms with Crippen LogP contribution in [0.15, 0.2) is 18.5 Å². The van der Waals surface area contributed by atoms with Crippen LogP contribution in [0.3, 0.4) is 0 Å². The molecule has 0 saturated carbocycles. The van der Waals surface area contributed by atoms with Crippen molar-refractivity contribution in [2.24, 2.45) is 0 Å². The highest BCUT2D eigenvalue weighted by atomic mass is 35.5. The van der Waals surface area contributed by atoms with E-state index in [9.17, 15) is 9.59 Å². The molecule has 0 fully saturated rings. The van der Waals surface area contributed by atoms with E-state index in [4.69, 9.17) is 11.6 Å². The number of hydrogen-bond donors (Lipinski definition) is 0. The Bertz CT molecular complexity index is 340. The van der Waals surface area contributed by atoms with E-state index < -0.39 is 5.38 Å². The molecule has 1 aliphatic rings. The molecule has 2 rings (SSSR count). The summed E-state index contributed by atoms with van der Waals surface area (Å²) in [5, 5.41) is -1.04. The summed E-state index contributed by atoms with van der Waals surface area (Å²) in [6, 6.07) is 1.51. The molecule has 1 aromatic heterocycles. The second kappa shape index (κ2) is 2.38. The number of hydrogen-bond acceptors (Lipinski definition) is 3. The maximum absolute atomic E-state index is 11.2. The molecule has 0 saturated heterocycles. The van der Waals surface area contributed by atoms with Gasteiger partial charge in [-0.3, -0.25) is 14.6 Å². The number of ketones is 2. The van der Waals surface area contributed by atoms with Gasteiger partial charge in [0, 0.05) is 23.5 Å². The van der Waals surface area contributed by atoms with Gasteiger partial charge in [0.05, 0.1) is 0 Å². The Labute approximate surface area is 73.4 Å². The van der Waals surface area contributed by atoms with Crippen molar-refractivity contribution in [2.45, 2.75) is 5.38 Å². The molecule has 1 atom stereocenters. The van der Waals surface area contributed by atoms with Crippen LogP contribution < -0.4 is 0 Å². The Morgan fingerprint density at radius 3 is 2.58 bits per heavy atom. The molecule has 0 radical (unpaired) electrons. The second-order valence-electron chi connectivity index (χ2n) is 2.51. The van der Waals surface area contributed by atoms with Crippen LogP contribution in [0.2, 0.25) is 0 Å². The minimum Gasteiger partial charge on any atom is -0.292 e. The molecule has 1 unspecified atom stereocenters. The van der Waals surface area contributed by atoms with Gasteiger partial charge in [-0.2, -0.15) is 0 Å². The zero-order valence-electron chi connectivity index (χ0n) is 5.95. The summed E-state index contributed by atoms with van der Waals surface area (Å²) in [6.07, 6.45) is 2.84. The van der Waals surface area contributed by atoms with E-state index in [0.29, 0.717) is 11.1 Å². The zero-order chi connectivity index (χ0) is 8.72. The van der Waals surface area contributed by atoms with E-state index in [-0.39, 0.29) is 11.6 Å². The Hall–Kier alpha value is -1.22. The summed E-state index contributed by atoms with van der Waals surface area (Å²) >= 11 is 5.55. The molecule has 0 aromatic carbocycles. The highest BCUT2D eigenvalue weighted by molar-refractivity contribution is 6.50. The summed E-state index contributed by atoms with van der Waals surface area (Å²) in [7, 11) is 0. The van der Waals surface area contributed by atoms with E-state index in [0.717, 1.165) is 0 Å². The van der Waals surface area contributed by atoms with Crippen LogP contribution in [0.1, 0.15) is 20.7 Å². The smallest absolute Gasteiger partial charge is 0.190 e. The van der Waals surface area contributed by atoms with E-state index in [1.165, 1.54) is 18.5 Å². The lowest BCUT2D eigenvalue weighted by molar-refractivity contribution is 0.0928. The number of aromatic nitrogens is 1. The van der Waals surface area contributed by atoms with Gasteiger partial charge in [0.15, 0.2) is 16.9 Å². The predicted molar refractivity (Wildman–Crippen MR) is 42.5 cm³/mol. The number of alkyl halides is 1. The molecular formula is C8H4ClNO2. The topological polar surface area (TPSA) is 47.0 Å². The van der Waals surface area contributed by atoms with Crippen molar-refractivity contribution in [3.63, 3.8) is 0 Å². The maximum Gasteiger partial charge on any atom is 0.190 e. The van der Waals surface area contributed by atoms with Crippen LogP contribution in [0.5, 0.6) is 0 Å². The fourth-order valence-corrected chi connectivity index (χ4v) is 1.43. The molecule has 0 N–H and O–H groups in total. The monoisotopic (exact) mass is 181 g/mol. The van der Waals surface area contributed by atoms with Gasteiger partial charge in [0.1, 0.15) is 0 Å². The number of nitrogens with zero attached hydrogens (tertiary/aromatic N) is 1. The van der Waals surface area contributed by atoms with Crippen LogP contribution in [-0.4, -0.2) is 21.9 Å². The molecule has 1 aliphatic carbocycles. The van der Waals surface area contributed by atoms with Gasteiger partial charge >= 0.3 is 0 Å². The number of carbonyl (C=O) groups excluding carboxylic acids is 2. The lowest BCUT2D eigenvalue weighted by Crippen LogP contribution is -2.13. The number of halogens is 1. The lowest BCUT2D eigenvalue weighted by Gasteiger charge is -1.89. The number of pyridine rings is 1. The molecule has 0 aliphatic heterocycles. The Morgan fingerprint density at radius 1 is 1.25 bits per heavy atom. The summed E-state index contributed by atoms with van der Waals surface area (Å²) in [6.45, 7) is 0. The first-order chi connectivity index (χ1) is 5.72. The molecule has 1 aromatic rings. The summed E-state index contributed by atoms with van der Waals surface area (Å²) in [5.74, 6) is -0.663. The number of Topliss-reactive ketones (excluding diaryl/α,β-unsaturated/α-hetero) is 2. The standard InChI is InChI=1S/C8H4ClNO2/c9-6-7(11)4-1-2-10-3-5(4)8(6)12/h1-3,6H. The average molecular weight is 182 g/mol. The molecule has 1 heterocycles. The minimum absolute atomic E-state index is 0.320. The normalized spacial score (nSPS) is 21.2. The van der Waals surface area contributed by atoms with Gasteiger partial charge in [0.2, 0.25) is 0 Å². The summed E-state index contributed by atoms with van der Waals surface area (Å²) < 4.78 is 0. The second-order valence-corrected chi connectivity index (χ2v) is 2.95. The van der Waals surface area contributed by atoms with Crippen molar-refractivity contribution in [1.29, 1.82) is 0 Å². The van der Waals surface area contributed by atoms with Crippen molar-refractivity contribution < 1.29 is 9.59 Å². The highest BCUT2D eigenvalue weighted by Crippen LogP contribution is 2.24. The zero-order valence-corrected chi connectivity index (χ0v) is 6.71. The first-order valence-electron chi connectivity index (χ1n) is 3.38. The van der Waals surface area contributed by atoms with Crippen LogP contribution in [0.25, 0.3) is 0 Å². The SMILES string of the molecule is O=C1c2ccncc2C(=O)C1Cl.